The molecule has 1 N–H and O–H groups in total. The van der Waals surface area contributed by atoms with Crippen LogP contribution in [0, 0.1) is 5.92 Å². The Balaban J connectivity index is 2.02. The fourth-order valence-corrected chi connectivity index (χ4v) is 3.32. The molecule has 0 aliphatic heterocycles. The lowest BCUT2D eigenvalue weighted by Crippen LogP contribution is -2.23. The van der Waals surface area contributed by atoms with E-state index in [0.29, 0.717) is 6.54 Å². The Bertz CT molecular complexity index is 422. The number of hydrogen-bond donors (Lipinski definition) is 1. The van der Waals surface area contributed by atoms with Gasteiger partial charge in [0, 0.05) is 11.4 Å². The van der Waals surface area contributed by atoms with Crippen molar-refractivity contribution in [1.29, 1.82) is 0 Å². The van der Waals surface area contributed by atoms with Crippen LogP contribution in [-0.4, -0.2) is 12.5 Å². The van der Waals surface area contributed by atoms with Crippen LogP contribution in [0.1, 0.15) is 39.9 Å². The SMILES string of the molecule is C=CCCNC(=O)c1cc2c(s1)CCC(C)C2. The highest BCUT2D eigenvalue weighted by Gasteiger charge is 2.20. The minimum absolute atomic E-state index is 0.0684. The lowest BCUT2D eigenvalue weighted by Gasteiger charge is -2.16. The van der Waals surface area contributed by atoms with Gasteiger partial charge in [-0.05, 0) is 43.2 Å². The average Bonchev–Trinajstić information content (AvgIpc) is 2.72. The molecule has 2 rings (SSSR count). The fraction of sp³-hybridized carbons (Fsp3) is 0.500. The van der Waals surface area contributed by atoms with Crippen LogP contribution in [0.3, 0.4) is 0 Å². The van der Waals surface area contributed by atoms with Crippen LogP contribution in [0.2, 0.25) is 0 Å². The molecule has 2 nitrogen and oxygen atoms in total. The molecular formula is C14H19NOS. The monoisotopic (exact) mass is 249 g/mol. The van der Waals surface area contributed by atoms with Crippen molar-refractivity contribution < 1.29 is 4.79 Å². The van der Waals surface area contributed by atoms with Crippen molar-refractivity contribution in [2.24, 2.45) is 5.92 Å². The van der Waals surface area contributed by atoms with Gasteiger partial charge in [0.05, 0.1) is 4.88 Å². The summed E-state index contributed by atoms with van der Waals surface area (Å²) in [6.45, 7) is 6.61. The minimum atomic E-state index is 0.0684. The summed E-state index contributed by atoms with van der Waals surface area (Å²) in [5.74, 6) is 0.827. The number of hydrogen-bond acceptors (Lipinski definition) is 2. The van der Waals surface area contributed by atoms with Crippen LogP contribution < -0.4 is 5.32 Å². The van der Waals surface area contributed by atoms with Gasteiger partial charge in [-0.25, -0.2) is 0 Å². The summed E-state index contributed by atoms with van der Waals surface area (Å²) in [5.41, 5.74) is 1.39. The van der Waals surface area contributed by atoms with E-state index >= 15 is 0 Å². The van der Waals surface area contributed by atoms with Gasteiger partial charge >= 0.3 is 0 Å². The van der Waals surface area contributed by atoms with Crippen LogP contribution in [-0.2, 0) is 12.8 Å². The Labute approximate surface area is 107 Å². The van der Waals surface area contributed by atoms with Crippen molar-refractivity contribution in [2.75, 3.05) is 6.54 Å². The molecule has 1 aliphatic rings. The third kappa shape index (κ3) is 2.97. The van der Waals surface area contributed by atoms with Gasteiger partial charge in [0.2, 0.25) is 0 Å². The molecule has 92 valence electrons. The molecule has 1 aromatic rings. The average molecular weight is 249 g/mol. The van der Waals surface area contributed by atoms with E-state index in [1.165, 1.54) is 16.9 Å². The zero-order valence-electron chi connectivity index (χ0n) is 10.3. The highest BCUT2D eigenvalue weighted by atomic mass is 32.1. The summed E-state index contributed by atoms with van der Waals surface area (Å²) in [6.07, 6.45) is 6.17. The second-order valence-electron chi connectivity index (χ2n) is 4.74. The first-order valence-corrected chi connectivity index (χ1v) is 7.03. The fourth-order valence-electron chi connectivity index (χ4n) is 2.19. The second kappa shape index (κ2) is 5.50. The number of rotatable bonds is 4. The number of amides is 1. The minimum Gasteiger partial charge on any atom is -0.351 e. The molecular weight excluding hydrogens is 230 g/mol. The quantitative estimate of drug-likeness (QED) is 0.644. The predicted molar refractivity (Wildman–Crippen MR) is 72.7 cm³/mol. The Hall–Kier alpha value is -1.09. The topological polar surface area (TPSA) is 29.1 Å². The molecule has 1 aromatic heterocycles. The third-order valence-electron chi connectivity index (χ3n) is 3.19. The first-order valence-electron chi connectivity index (χ1n) is 6.21. The highest BCUT2D eigenvalue weighted by molar-refractivity contribution is 7.14. The number of nitrogens with one attached hydrogen (secondary N) is 1. The van der Waals surface area contributed by atoms with Gasteiger partial charge in [0.1, 0.15) is 0 Å². The summed E-state index contributed by atoms with van der Waals surface area (Å²) >= 11 is 1.67. The summed E-state index contributed by atoms with van der Waals surface area (Å²) < 4.78 is 0. The van der Waals surface area contributed by atoms with Crippen molar-refractivity contribution in [1.82, 2.24) is 5.32 Å². The van der Waals surface area contributed by atoms with Crippen LogP contribution >= 0.6 is 11.3 Å². The van der Waals surface area contributed by atoms with Crippen molar-refractivity contribution >= 4 is 17.2 Å². The molecule has 0 spiro atoms. The van der Waals surface area contributed by atoms with Crippen LogP contribution in [0.4, 0.5) is 0 Å². The van der Waals surface area contributed by atoms with Crippen molar-refractivity contribution in [2.45, 2.75) is 32.6 Å². The molecule has 1 heterocycles. The molecule has 0 saturated heterocycles. The largest absolute Gasteiger partial charge is 0.351 e. The molecule has 0 aromatic carbocycles. The van der Waals surface area contributed by atoms with E-state index in [2.05, 4.69) is 24.9 Å². The van der Waals surface area contributed by atoms with Crippen molar-refractivity contribution in [3.05, 3.63) is 34.0 Å². The van der Waals surface area contributed by atoms with E-state index < -0.39 is 0 Å². The predicted octanol–water partition coefficient (Wildman–Crippen LogP) is 3.18. The van der Waals surface area contributed by atoms with Crippen LogP contribution in [0.5, 0.6) is 0 Å². The van der Waals surface area contributed by atoms with E-state index in [4.69, 9.17) is 0 Å². The molecule has 1 aliphatic carbocycles. The normalized spacial score (nSPS) is 18.5. The Morgan fingerprint density at radius 2 is 2.53 bits per heavy atom. The molecule has 0 bridgehead atoms. The van der Waals surface area contributed by atoms with E-state index in [9.17, 15) is 4.79 Å². The van der Waals surface area contributed by atoms with Gasteiger partial charge in [0.25, 0.3) is 5.91 Å². The highest BCUT2D eigenvalue weighted by Crippen LogP contribution is 2.32. The van der Waals surface area contributed by atoms with Crippen LogP contribution in [0.15, 0.2) is 18.7 Å². The van der Waals surface area contributed by atoms with Gasteiger partial charge in [-0.15, -0.1) is 17.9 Å². The zero-order chi connectivity index (χ0) is 12.3. The van der Waals surface area contributed by atoms with Gasteiger partial charge in [-0.3, -0.25) is 4.79 Å². The number of fused-ring (bicyclic) bond motifs is 1. The molecule has 3 heteroatoms. The molecule has 0 fully saturated rings. The zero-order valence-corrected chi connectivity index (χ0v) is 11.1. The van der Waals surface area contributed by atoms with Gasteiger partial charge in [-0.1, -0.05) is 13.0 Å². The van der Waals surface area contributed by atoms with Crippen LogP contribution in [0.25, 0.3) is 0 Å². The number of thiophene rings is 1. The van der Waals surface area contributed by atoms with Gasteiger partial charge in [0.15, 0.2) is 0 Å². The number of carbonyl (C=O) groups is 1. The lowest BCUT2D eigenvalue weighted by molar-refractivity contribution is 0.0958. The first kappa shape index (κ1) is 12.4. The van der Waals surface area contributed by atoms with Gasteiger partial charge in [-0.2, -0.15) is 0 Å². The molecule has 1 atom stereocenters. The van der Waals surface area contributed by atoms with Gasteiger partial charge < -0.3 is 5.32 Å². The second-order valence-corrected chi connectivity index (χ2v) is 5.88. The maximum absolute atomic E-state index is 11.9. The Morgan fingerprint density at radius 1 is 1.71 bits per heavy atom. The maximum atomic E-state index is 11.9. The third-order valence-corrected chi connectivity index (χ3v) is 4.42. The van der Waals surface area contributed by atoms with E-state index in [1.54, 1.807) is 11.3 Å². The summed E-state index contributed by atoms with van der Waals surface area (Å²) in [4.78, 5) is 14.2. The summed E-state index contributed by atoms with van der Waals surface area (Å²) in [5, 5.41) is 2.92. The van der Waals surface area contributed by atoms with Crippen molar-refractivity contribution in [3.8, 4) is 0 Å². The molecule has 0 radical (unpaired) electrons. The molecule has 1 unspecified atom stereocenters. The summed E-state index contributed by atoms with van der Waals surface area (Å²) in [7, 11) is 0. The number of carbonyl (C=O) groups excluding carboxylic acids is 1. The Morgan fingerprint density at radius 3 is 3.29 bits per heavy atom. The molecule has 17 heavy (non-hydrogen) atoms. The molecule has 1 amide bonds. The van der Waals surface area contributed by atoms with E-state index in [-0.39, 0.29) is 5.91 Å². The summed E-state index contributed by atoms with van der Waals surface area (Å²) in [6, 6.07) is 2.08. The Kier molecular flexibility index (Phi) is 4.00. The van der Waals surface area contributed by atoms with Crippen molar-refractivity contribution in [3.63, 3.8) is 0 Å². The standard InChI is InChI=1S/C14H19NOS/c1-3-4-7-15-14(16)13-9-11-8-10(2)5-6-12(11)17-13/h3,9-10H,1,4-8H2,2H3,(H,15,16). The lowest BCUT2D eigenvalue weighted by atomic mass is 9.90. The smallest absolute Gasteiger partial charge is 0.261 e. The first-order chi connectivity index (χ1) is 8.20. The van der Waals surface area contributed by atoms with E-state index in [0.717, 1.165) is 30.1 Å². The number of aryl methyl sites for hydroxylation is 1. The van der Waals surface area contributed by atoms with E-state index in [1.807, 2.05) is 6.08 Å². The molecule has 0 saturated carbocycles. The maximum Gasteiger partial charge on any atom is 0.261 e.